The van der Waals surface area contributed by atoms with Gasteiger partial charge in [0.2, 0.25) is 0 Å². The molecule has 1 aliphatic heterocycles. The van der Waals surface area contributed by atoms with Gasteiger partial charge in [0, 0.05) is 40.6 Å². The van der Waals surface area contributed by atoms with Crippen LogP contribution in [0.5, 0.6) is 0 Å². The first-order valence-electron chi connectivity index (χ1n) is 13.9. The molecule has 0 atom stereocenters. The van der Waals surface area contributed by atoms with Crippen molar-refractivity contribution in [1.29, 1.82) is 0 Å². The van der Waals surface area contributed by atoms with Crippen molar-refractivity contribution in [2.24, 2.45) is 0 Å². The zero-order chi connectivity index (χ0) is 28.6. The average molecular weight is 565 g/mol. The van der Waals surface area contributed by atoms with Crippen molar-refractivity contribution in [2.75, 3.05) is 17.2 Å². The van der Waals surface area contributed by atoms with E-state index in [-0.39, 0.29) is 11.8 Å². The lowest BCUT2D eigenvalue weighted by molar-refractivity contribution is -0.110. The maximum atomic E-state index is 13.4. The molecule has 41 heavy (non-hydrogen) atoms. The average Bonchev–Trinajstić information content (AvgIpc) is 3.32. The molecule has 0 fully saturated rings. The predicted molar refractivity (Wildman–Crippen MR) is 168 cm³/mol. The topological polar surface area (TPSA) is 82.3 Å². The van der Waals surface area contributed by atoms with E-state index < -0.39 is 0 Å². The minimum absolute atomic E-state index is 0.223. The maximum Gasteiger partial charge on any atom is 0.258 e. The molecule has 0 radical (unpaired) electrons. The lowest BCUT2D eigenvalue weighted by atomic mass is 9.98. The summed E-state index contributed by atoms with van der Waals surface area (Å²) in [5, 5.41) is 13.5. The molecule has 2 amide bonds. The van der Waals surface area contributed by atoms with E-state index >= 15 is 0 Å². The highest BCUT2D eigenvalue weighted by Crippen LogP contribution is 2.38. The van der Waals surface area contributed by atoms with Crippen molar-refractivity contribution in [2.45, 2.75) is 32.9 Å². The Bertz CT molecular complexity index is 1570. The molecular weight excluding hydrogens is 532 g/mol. The third-order valence-corrected chi connectivity index (χ3v) is 7.18. The van der Waals surface area contributed by atoms with Crippen LogP contribution in [0.15, 0.2) is 97.1 Å². The molecule has 0 bridgehead atoms. The second-order valence-corrected chi connectivity index (χ2v) is 10.4. The van der Waals surface area contributed by atoms with E-state index in [0.717, 1.165) is 36.3 Å². The van der Waals surface area contributed by atoms with Crippen molar-refractivity contribution in [3.63, 3.8) is 0 Å². The largest absolute Gasteiger partial charge is 0.354 e. The fourth-order valence-electron chi connectivity index (χ4n) is 4.76. The van der Waals surface area contributed by atoms with Gasteiger partial charge in [-0.25, -0.2) is 0 Å². The molecule has 0 saturated carbocycles. The number of hydrogen-bond acceptors (Lipinski definition) is 4. The fraction of sp³-hybridized carbons (Fsp3) is 0.176. The zero-order valence-corrected chi connectivity index (χ0v) is 23.7. The van der Waals surface area contributed by atoms with Crippen molar-refractivity contribution >= 4 is 46.1 Å². The highest BCUT2D eigenvalue weighted by atomic mass is 35.5. The summed E-state index contributed by atoms with van der Waals surface area (Å²) in [5.41, 5.74) is 6.80. The van der Waals surface area contributed by atoms with Gasteiger partial charge in [-0.2, -0.15) is 0 Å². The number of amides is 2. The van der Waals surface area contributed by atoms with Crippen LogP contribution in [-0.2, 0) is 17.9 Å². The highest BCUT2D eigenvalue weighted by Gasteiger charge is 2.29. The molecule has 208 valence electrons. The lowest BCUT2D eigenvalue weighted by Crippen LogP contribution is -2.22. The quantitative estimate of drug-likeness (QED) is 0.116. The maximum absolute atomic E-state index is 13.4. The Labute approximate surface area is 245 Å². The van der Waals surface area contributed by atoms with Gasteiger partial charge in [0.25, 0.3) is 11.8 Å². The second-order valence-electron chi connectivity index (χ2n) is 10.00. The van der Waals surface area contributed by atoms with Crippen LogP contribution in [0.2, 0.25) is 5.02 Å². The van der Waals surface area contributed by atoms with E-state index in [1.807, 2.05) is 60.7 Å². The van der Waals surface area contributed by atoms with Crippen LogP contribution >= 0.6 is 11.6 Å². The number of hydrogen-bond donors (Lipinski definition) is 4. The van der Waals surface area contributed by atoms with Gasteiger partial charge in [-0.05, 0) is 72.1 Å². The van der Waals surface area contributed by atoms with Gasteiger partial charge in [-0.1, -0.05) is 79.5 Å². The molecule has 1 aliphatic rings. The van der Waals surface area contributed by atoms with Gasteiger partial charge in [-0.3, -0.25) is 9.59 Å². The molecule has 5 rings (SSSR count). The summed E-state index contributed by atoms with van der Waals surface area (Å²) in [6.45, 7) is 4.33. The second kappa shape index (κ2) is 13.3. The number of rotatable bonds is 11. The van der Waals surface area contributed by atoms with E-state index in [9.17, 15) is 9.59 Å². The first-order valence-corrected chi connectivity index (χ1v) is 14.2. The van der Waals surface area contributed by atoms with Gasteiger partial charge < -0.3 is 21.3 Å². The van der Waals surface area contributed by atoms with E-state index in [1.54, 1.807) is 24.3 Å². The Morgan fingerprint density at radius 3 is 2.39 bits per heavy atom. The summed E-state index contributed by atoms with van der Waals surface area (Å²) < 4.78 is 0. The summed E-state index contributed by atoms with van der Waals surface area (Å²) in [4.78, 5) is 26.4. The minimum Gasteiger partial charge on any atom is -0.354 e. The summed E-state index contributed by atoms with van der Waals surface area (Å²) in [5.74, 6) is -0.455. The Hall–Kier alpha value is -4.39. The number of unbranched alkanes of at least 4 members (excludes halogenated alkanes) is 1. The highest BCUT2D eigenvalue weighted by molar-refractivity contribution is 6.37. The molecule has 4 aromatic rings. The number of halogens is 1. The molecule has 0 aromatic heterocycles. The molecule has 0 aliphatic carbocycles. The van der Waals surface area contributed by atoms with Crippen LogP contribution in [0, 0.1) is 0 Å². The van der Waals surface area contributed by atoms with Crippen LogP contribution in [0.4, 0.5) is 11.4 Å². The van der Waals surface area contributed by atoms with Crippen LogP contribution < -0.4 is 21.3 Å². The van der Waals surface area contributed by atoms with Crippen molar-refractivity contribution in [3.8, 4) is 0 Å². The summed E-state index contributed by atoms with van der Waals surface area (Å²) in [7, 11) is 0. The van der Waals surface area contributed by atoms with Crippen molar-refractivity contribution in [1.82, 2.24) is 10.6 Å². The van der Waals surface area contributed by atoms with Crippen LogP contribution in [-0.4, -0.2) is 18.4 Å². The Morgan fingerprint density at radius 1 is 0.829 bits per heavy atom. The van der Waals surface area contributed by atoms with Crippen molar-refractivity contribution in [3.05, 3.63) is 130 Å². The fourth-order valence-corrected chi connectivity index (χ4v) is 4.97. The smallest absolute Gasteiger partial charge is 0.258 e. The monoisotopic (exact) mass is 564 g/mol. The first-order chi connectivity index (χ1) is 20.0. The number of carbonyl (C=O) groups is 2. The van der Waals surface area contributed by atoms with Gasteiger partial charge >= 0.3 is 0 Å². The Balaban J connectivity index is 1.43. The van der Waals surface area contributed by atoms with Gasteiger partial charge in [0.1, 0.15) is 0 Å². The van der Waals surface area contributed by atoms with E-state index in [1.165, 1.54) is 12.0 Å². The first kappa shape index (κ1) is 28.1. The van der Waals surface area contributed by atoms with Gasteiger partial charge in [0.15, 0.2) is 0 Å². The van der Waals surface area contributed by atoms with Crippen LogP contribution in [0.25, 0.3) is 11.3 Å². The molecule has 4 N–H and O–H groups in total. The third-order valence-electron chi connectivity index (χ3n) is 6.94. The molecule has 1 heterocycles. The minimum atomic E-state index is -0.233. The predicted octanol–water partition coefficient (Wildman–Crippen LogP) is 7.09. The molecular formula is C34H33ClN4O2. The number of anilines is 2. The summed E-state index contributed by atoms with van der Waals surface area (Å²) in [6, 6.07) is 30.6. The molecule has 0 unspecified atom stereocenters. The number of carbonyl (C=O) groups excluding carboxylic acids is 2. The molecule has 7 heteroatoms. The SMILES string of the molecule is CCCCNCc1ccc(NC(=C2C(=O)Nc3ccc(C(=O)NCc4cccc(Cl)c4)cc32)c2ccccc2)cc1. The third kappa shape index (κ3) is 7.04. The standard InChI is InChI=1S/C34H33ClN4O2/c1-2-3-18-36-21-23-12-15-28(16-13-23)38-32(25-9-5-4-6-10-25)31-29-20-26(14-17-30(29)39-34(31)41)33(40)37-22-24-8-7-11-27(35)19-24/h4-17,19-20,36,38H,2-3,18,21-22H2,1H3,(H,37,40)(H,39,41). The van der Waals surface area contributed by atoms with Gasteiger partial charge in [-0.15, -0.1) is 0 Å². The Kier molecular flexibility index (Phi) is 9.14. The summed E-state index contributed by atoms with van der Waals surface area (Å²) in [6.07, 6.45) is 2.32. The number of nitrogens with one attached hydrogen (secondary N) is 4. The number of benzene rings is 4. The molecule has 4 aromatic carbocycles. The molecule has 0 spiro atoms. The normalized spacial score (nSPS) is 13.4. The van der Waals surface area contributed by atoms with E-state index in [4.69, 9.17) is 11.6 Å². The van der Waals surface area contributed by atoms with Crippen molar-refractivity contribution < 1.29 is 9.59 Å². The zero-order valence-electron chi connectivity index (χ0n) is 23.0. The summed E-state index contributed by atoms with van der Waals surface area (Å²) >= 11 is 6.08. The molecule has 0 saturated heterocycles. The van der Waals surface area contributed by atoms with E-state index in [0.29, 0.717) is 39.7 Å². The van der Waals surface area contributed by atoms with Crippen LogP contribution in [0.1, 0.15) is 52.4 Å². The molecule has 6 nitrogen and oxygen atoms in total. The van der Waals surface area contributed by atoms with E-state index in [2.05, 4.69) is 40.3 Å². The number of fused-ring (bicyclic) bond motifs is 1. The van der Waals surface area contributed by atoms with Crippen LogP contribution in [0.3, 0.4) is 0 Å². The Morgan fingerprint density at radius 2 is 1.63 bits per heavy atom. The van der Waals surface area contributed by atoms with Gasteiger partial charge in [0.05, 0.1) is 11.3 Å². The lowest BCUT2D eigenvalue weighted by Gasteiger charge is -2.15.